The molecule has 6 nitrogen and oxygen atoms in total. The van der Waals surface area contributed by atoms with Crippen molar-refractivity contribution in [3.8, 4) is 0 Å². The molecule has 5 rings (SSSR count). The van der Waals surface area contributed by atoms with E-state index in [1.54, 1.807) is 12.1 Å². The number of rotatable bonds is 12. The van der Waals surface area contributed by atoms with Gasteiger partial charge < -0.3 is 9.80 Å². The number of carbonyl (C=O) groups is 1. The molecule has 2 heterocycles. The minimum absolute atomic E-state index is 0.181. The van der Waals surface area contributed by atoms with Gasteiger partial charge in [-0.15, -0.1) is 0 Å². The summed E-state index contributed by atoms with van der Waals surface area (Å²) in [5.41, 5.74) is 3.54. The Balaban J connectivity index is 1.18. The molecule has 1 saturated heterocycles. The van der Waals surface area contributed by atoms with Crippen molar-refractivity contribution in [1.29, 1.82) is 0 Å². The maximum absolute atomic E-state index is 13.3. The number of halogens is 1. The second-order valence-corrected chi connectivity index (χ2v) is 11.3. The monoisotopic (exact) mass is 571 g/mol. The second kappa shape index (κ2) is 14.3. The van der Waals surface area contributed by atoms with Gasteiger partial charge in [-0.05, 0) is 35.2 Å². The normalized spacial score (nSPS) is 14.0. The molecule has 1 aliphatic rings. The molecule has 0 saturated carbocycles. The number of anilines is 1. The Hall–Kier alpha value is -3.62. The minimum atomic E-state index is -0.246. The van der Waals surface area contributed by atoms with Crippen LogP contribution >= 0.6 is 11.5 Å². The smallest absolute Gasteiger partial charge is 0.224 e. The lowest BCUT2D eigenvalue weighted by atomic mass is 9.96. The summed E-state index contributed by atoms with van der Waals surface area (Å²) in [4.78, 5) is 24.8. The number of unbranched alkanes of at least 4 members (excludes halogenated alkanes) is 1. The second-order valence-electron chi connectivity index (χ2n) is 10.5. The van der Waals surface area contributed by atoms with Crippen molar-refractivity contribution in [2.75, 3.05) is 44.2 Å². The molecule has 1 aliphatic heterocycles. The Kier molecular flexibility index (Phi) is 10.1. The predicted octanol–water partition coefficient (Wildman–Crippen LogP) is 6.20. The van der Waals surface area contributed by atoms with Crippen LogP contribution in [0.3, 0.4) is 0 Å². The highest BCUT2D eigenvalue weighted by molar-refractivity contribution is 7.09. The van der Waals surface area contributed by atoms with Crippen LogP contribution < -0.4 is 4.90 Å². The first-order chi connectivity index (χ1) is 20.1. The quantitative estimate of drug-likeness (QED) is 0.203. The van der Waals surface area contributed by atoms with Crippen molar-refractivity contribution in [1.82, 2.24) is 19.2 Å². The molecular weight excluding hydrogens is 533 g/mol. The third-order valence-electron chi connectivity index (χ3n) is 7.64. The Morgan fingerprint density at radius 2 is 1.54 bits per heavy atom. The van der Waals surface area contributed by atoms with Crippen molar-refractivity contribution in [3.05, 3.63) is 113 Å². The van der Waals surface area contributed by atoms with Crippen LogP contribution in [-0.4, -0.2) is 64.3 Å². The molecule has 41 heavy (non-hydrogen) atoms. The molecule has 1 amide bonds. The Bertz CT molecular complexity index is 1320. The summed E-state index contributed by atoms with van der Waals surface area (Å²) in [5, 5.41) is 0.849. The molecule has 1 aromatic heterocycles. The lowest BCUT2D eigenvalue weighted by Crippen LogP contribution is -2.50. The van der Waals surface area contributed by atoms with Gasteiger partial charge in [0.05, 0.1) is 6.04 Å². The lowest BCUT2D eigenvalue weighted by molar-refractivity contribution is -0.133. The summed E-state index contributed by atoms with van der Waals surface area (Å²) in [5.74, 6) is 0.676. The molecule has 0 bridgehead atoms. The van der Waals surface area contributed by atoms with Crippen LogP contribution in [0.4, 0.5) is 9.52 Å². The fourth-order valence-electron chi connectivity index (χ4n) is 5.38. The van der Waals surface area contributed by atoms with Crippen molar-refractivity contribution in [2.24, 2.45) is 0 Å². The van der Waals surface area contributed by atoms with Gasteiger partial charge in [0.15, 0.2) is 0 Å². The van der Waals surface area contributed by atoms with Crippen LogP contribution in [0.2, 0.25) is 0 Å². The fraction of sp³-hybridized carbons (Fsp3) is 0.364. The predicted molar refractivity (Wildman–Crippen MR) is 164 cm³/mol. The molecule has 0 N–H and O–H groups in total. The molecule has 214 valence electrons. The van der Waals surface area contributed by atoms with Gasteiger partial charge in [0, 0.05) is 63.6 Å². The summed E-state index contributed by atoms with van der Waals surface area (Å²) in [6.07, 6.45) is 3.11. The van der Waals surface area contributed by atoms with E-state index in [-0.39, 0.29) is 17.8 Å². The van der Waals surface area contributed by atoms with E-state index in [1.807, 2.05) is 4.90 Å². The highest BCUT2D eigenvalue weighted by Gasteiger charge is 2.28. The minimum Gasteiger partial charge on any atom is -0.346 e. The summed E-state index contributed by atoms with van der Waals surface area (Å²) in [7, 11) is 0. The zero-order valence-corrected chi connectivity index (χ0v) is 24.5. The van der Waals surface area contributed by atoms with E-state index < -0.39 is 0 Å². The SMILES string of the molecule is CCCCN(CCC(=O)N1CCN(C(c2ccccc2)c2ccccc2)CC1)c1nc(Cc2ccc(F)cc2)ns1. The molecule has 0 spiro atoms. The number of amides is 1. The van der Waals surface area contributed by atoms with Crippen LogP contribution in [0, 0.1) is 5.82 Å². The maximum Gasteiger partial charge on any atom is 0.224 e. The number of benzene rings is 3. The van der Waals surface area contributed by atoms with Gasteiger partial charge >= 0.3 is 0 Å². The average Bonchev–Trinajstić information content (AvgIpc) is 3.48. The largest absolute Gasteiger partial charge is 0.346 e. The molecule has 8 heteroatoms. The van der Waals surface area contributed by atoms with Gasteiger partial charge in [-0.3, -0.25) is 9.69 Å². The Labute approximate surface area is 246 Å². The summed E-state index contributed by atoms with van der Waals surface area (Å²) in [6.45, 7) is 6.77. The Morgan fingerprint density at radius 1 is 0.902 bits per heavy atom. The number of aromatic nitrogens is 2. The summed E-state index contributed by atoms with van der Waals surface area (Å²) >= 11 is 1.38. The lowest BCUT2D eigenvalue weighted by Gasteiger charge is -2.40. The van der Waals surface area contributed by atoms with Crippen molar-refractivity contribution in [2.45, 2.75) is 38.6 Å². The first-order valence-electron chi connectivity index (χ1n) is 14.5. The zero-order valence-electron chi connectivity index (χ0n) is 23.7. The first-order valence-corrected chi connectivity index (χ1v) is 15.3. The molecule has 3 aromatic carbocycles. The average molecular weight is 572 g/mol. The highest BCUT2D eigenvalue weighted by Crippen LogP contribution is 2.29. The molecule has 1 fully saturated rings. The van der Waals surface area contributed by atoms with E-state index in [0.717, 1.165) is 62.1 Å². The van der Waals surface area contributed by atoms with Gasteiger partial charge in [-0.2, -0.15) is 4.37 Å². The molecule has 0 radical (unpaired) electrons. The maximum atomic E-state index is 13.3. The Morgan fingerprint density at radius 3 is 2.15 bits per heavy atom. The van der Waals surface area contributed by atoms with E-state index in [9.17, 15) is 9.18 Å². The third kappa shape index (κ3) is 7.77. The number of carbonyl (C=O) groups excluding carboxylic acids is 1. The van der Waals surface area contributed by atoms with E-state index in [1.165, 1.54) is 34.8 Å². The van der Waals surface area contributed by atoms with E-state index in [2.05, 4.69) is 81.8 Å². The molecular formula is C33H38FN5OS. The molecule has 0 atom stereocenters. The first kappa shape index (κ1) is 28.9. The topological polar surface area (TPSA) is 52.6 Å². The van der Waals surface area contributed by atoms with Crippen LogP contribution in [-0.2, 0) is 11.2 Å². The van der Waals surface area contributed by atoms with Gasteiger partial charge in [-0.25, -0.2) is 9.37 Å². The number of hydrogen-bond acceptors (Lipinski definition) is 6. The highest BCUT2D eigenvalue weighted by atomic mass is 32.1. The number of nitrogens with zero attached hydrogens (tertiary/aromatic N) is 5. The van der Waals surface area contributed by atoms with Crippen LogP contribution in [0.25, 0.3) is 0 Å². The summed E-state index contributed by atoms with van der Waals surface area (Å²) in [6, 6.07) is 27.9. The fourth-order valence-corrected chi connectivity index (χ4v) is 6.12. The van der Waals surface area contributed by atoms with Crippen LogP contribution in [0.15, 0.2) is 84.9 Å². The molecule has 4 aromatic rings. The van der Waals surface area contributed by atoms with Crippen molar-refractivity contribution in [3.63, 3.8) is 0 Å². The third-order valence-corrected chi connectivity index (χ3v) is 8.46. The van der Waals surface area contributed by atoms with Gasteiger partial charge in [0.25, 0.3) is 0 Å². The summed E-state index contributed by atoms with van der Waals surface area (Å²) < 4.78 is 17.8. The van der Waals surface area contributed by atoms with Gasteiger partial charge in [-0.1, -0.05) is 86.1 Å². The van der Waals surface area contributed by atoms with Crippen molar-refractivity contribution >= 4 is 22.6 Å². The van der Waals surface area contributed by atoms with Gasteiger partial charge in [0.1, 0.15) is 11.6 Å². The number of hydrogen-bond donors (Lipinski definition) is 0. The van der Waals surface area contributed by atoms with Crippen molar-refractivity contribution < 1.29 is 9.18 Å². The van der Waals surface area contributed by atoms with E-state index in [0.29, 0.717) is 19.4 Å². The number of piperazine rings is 1. The van der Waals surface area contributed by atoms with Crippen LogP contribution in [0.5, 0.6) is 0 Å². The molecule has 0 aliphatic carbocycles. The van der Waals surface area contributed by atoms with Crippen LogP contribution in [0.1, 0.15) is 54.7 Å². The van der Waals surface area contributed by atoms with Gasteiger partial charge in [0.2, 0.25) is 11.0 Å². The van der Waals surface area contributed by atoms with E-state index in [4.69, 9.17) is 4.98 Å². The standard InChI is InChI=1S/C33H38FN5OS/c1-2-3-19-39(33-35-30(36-41-33)25-26-14-16-29(34)17-15-26)20-18-31(40)37-21-23-38(24-22-37)32(27-10-6-4-7-11-27)28-12-8-5-9-13-28/h4-17,32H,2-3,18-25H2,1H3. The molecule has 0 unspecified atom stereocenters. The zero-order chi connectivity index (χ0) is 28.4. The van der Waals surface area contributed by atoms with E-state index >= 15 is 0 Å².